The van der Waals surface area contributed by atoms with Crippen molar-refractivity contribution >= 4 is 5.91 Å². The van der Waals surface area contributed by atoms with Crippen molar-refractivity contribution in [2.45, 2.75) is 25.5 Å². The number of hydrogen-bond donors (Lipinski definition) is 1. The molecule has 0 radical (unpaired) electrons. The highest BCUT2D eigenvalue weighted by Gasteiger charge is 2.36. The Labute approximate surface area is 148 Å². The molecule has 1 aliphatic rings. The highest BCUT2D eigenvalue weighted by Crippen LogP contribution is 2.18. The fraction of sp³-hybridized carbons (Fsp3) is 0.474. The van der Waals surface area contributed by atoms with E-state index in [-0.39, 0.29) is 5.91 Å². The van der Waals surface area contributed by atoms with Crippen LogP contribution in [0.1, 0.15) is 11.4 Å². The van der Waals surface area contributed by atoms with Crippen LogP contribution >= 0.6 is 0 Å². The molecule has 0 saturated carbocycles. The fourth-order valence-corrected chi connectivity index (χ4v) is 3.44. The molecule has 1 amide bonds. The topological polar surface area (TPSA) is 61.6 Å². The van der Waals surface area contributed by atoms with Gasteiger partial charge < -0.3 is 19.5 Å². The molecule has 1 aliphatic heterocycles. The number of benzene rings is 1. The third kappa shape index (κ3) is 4.46. The molecule has 0 aliphatic carbocycles. The van der Waals surface area contributed by atoms with Gasteiger partial charge >= 0.3 is 0 Å². The van der Waals surface area contributed by atoms with Gasteiger partial charge in [0.05, 0.1) is 19.5 Å². The Morgan fingerprint density at radius 3 is 2.68 bits per heavy atom. The van der Waals surface area contributed by atoms with E-state index in [1.165, 1.54) is 0 Å². The van der Waals surface area contributed by atoms with E-state index in [9.17, 15) is 9.90 Å². The molecule has 134 valence electrons. The molecule has 3 rings (SSSR count). The summed E-state index contributed by atoms with van der Waals surface area (Å²) in [6.07, 6.45) is 3.97. The van der Waals surface area contributed by atoms with Crippen LogP contribution < -0.4 is 0 Å². The molecular formula is C19H26N4O2. The van der Waals surface area contributed by atoms with E-state index in [1.807, 2.05) is 55.1 Å². The van der Waals surface area contributed by atoms with Crippen molar-refractivity contribution in [2.24, 2.45) is 0 Å². The number of carbonyl (C=O) groups is 1. The second-order valence-electron chi connectivity index (χ2n) is 7.04. The van der Waals surface area contributed by atoms with Gasteiger partial charge in [-0.1, -0.05) is 30.3 Å². The summed E-state index contributed by atoms with van der Waals surface area (Å²) in [5.74, 6) is 0.921. The van der Waals surface area contributed by atoms with Gasteiger partial charge in [0.2, 0.25) is 5.91 Å². The van der Waals surface area contributed by atoms with Crippen LogP contribution in [0.15, 0.2) is 42.7 Å². The largest absolute Gasteiger partial charge is 0.385 e. The number of amides is 1. The Morgan fingerprint density at radius 1 is 1.24 bits per heavy atom. The molecule has 2 aromatic rings. The average Bonchev–Trinajstić information content (AvgIpc) is 2.89. The second kappa shape index (κ2) is 7.37. The lowest BCUT2D eigenvalue weighted by Crippen LogP contribution is -2.50. The van der Waals surface area contributed by atoms with Gasteiger partial charge in [-0.25, -0.2) is 4.98 Å². The van der Waals surface area contributed by atoms with Crippen LogP contribution in [-0.2, 0) is 17.8 Å². The summed E-state index contributed by atoms with van der Waals surface area (Å²) < 4.78 is 1.94. The van der Waals surface area contributed by atoms with Crippen molar-refractivity contribution in [3.8, 4) is 0 Å². The molecule has 0 spiro atoms. The molecule has 1 fully saturated rings. The fourth-order valence-electron chi connectivity index (χ4n) is 3.44. The molecular weight excluding hydrogens is 316 g/mol. The Kier molecular flexibility index (Phi) is 5.20. The summed E-state index contributed by atoms with van der Waals surface area (Å²) >= 11 is 0. The van der Waals surface area contributed by atoms with Gasteiger partial charge in [-0.15, -0.1) is 0 Å². The van der Waals surface area contributed by atoms with Crippen LogP contribution in [0.2, 0.25) is 0 Å². The van der Waals surface area contributed by atoms with Crippen LogP contribution in [0.25, 0.3) is 0 Å². The van der Waals surface area contributed by atoms with Crippen LogP contribution in [0, 0.1) is 6.92 Å². The minimum atomic E-state index is -0.997. The van der Waals surface area contributed by atoms with Crippen molar-refractivity contribution in [3.05, 3.63) is 54.1 Å². The van der Waals surface area contributed by atoms with E-state index in [0.717, 1.165) is 17.9 Å². The summed E-state index contributed by atoms with van der Waals surface area (Å²) in [5, 5.41) is 11.2. The number of β-amino-alcohol motifs (C(OH)–C–C–N with tert-alkyl or cyclic N) is 1. The number of aromatic nitrogens is 2. The minimum Gasteiger partial charge on any atom is -0.385 e. The molecule has 1 saturated heterocycles. The summed E-state index contributed by atoms with van der Waals surface area (Å²) in [6, 6.07) is 9.75. The number of rotatable bonds is 4. The van der Waals surface area contributed by atoms with E-state index in [1.54, 1.807) is 11.1 Å². The monoisotopic (exact) mass is 342 g/mol. The lowest BCUT2D eigenvalue weighted by atomic mass is 10.0. The molecule has 2 heterocycles. The lowest BCUT2D eigenvalue weighted by molar-refractivity contribution is -0.133. The SMILES string of the molecule is Cc1nccn1CC1(O)CN(C)CCN(C(=O)Cc2ccccc2)C1. The van der Waals surface area contributed by atoms with E-state index in [4.69, 9.17) is 0 Å². The van der Waals surface area contributed by atoms with Gasteiger partial charge in [0, 0.05) is 32.0 Å². The van der Waals surface area contributed by atoms with Crippen LogP contribution in [0.3, 0.4) is 0 Å². The number of hydrogen-bond acceptors (Lipinski definition) is 4. The molecule has 25 heavy (non-hydrogen) atoms. The maximum atomic E-state index is 12.8. The number of aryl methyl sites for hydroxylation is 1. The van der Waals surface area contributed by atoms with E-state index in [2.05, 4.69) is 9.88 Å². The van der Waals surface area contributed by atoms with Crippen molar-refractivity contribution in [3.63, 3.8) is 0 Å². The molecule has 1 N–H and O–H groups in total. The average molecular weight is 342 g/mol. The minimum absolute atomic E-state index is 0.0577. The molecule has 1 unspecified atom stereocenters. The second-order valence-corrected chi connectivity index (χ2v) is 7.04. The van der Waals surface area contributed by atoms with Gasteiger partial charge in [-0.2, -0.15) is 0 Å². The smallest absolute Gasteiger partial charge is 0.227 e. The number of likely N-dealkylation sites (N-methyl/N-ethyl adjacent to an activating group) is 1. The first kappa shape index (κ1) is 17.6. The Morgan fingerprint density at radius 2 is 2.00 bits per heavy atom. The van der Waals surface area contributed by atoms with Crippen molar-refractivity contribution in [2.75, 3.05) is 33.2 Å². The van der Waals surface area contributed by atoms with Crippen molar-refractivity contribution in [1.82, 2.24) is 19.4 Å². The first-order valence-corrected chi connectivity index (χ1v) is 8.66. The summed E-state index contributed by atoms with van der Waals surface area (Å²) in [5.41, 5.74) is 0.00220. The highest BCUT2D eigenvalue weighted by atomic mass is 16.3. The summed E-state index contributed by atoms with van der Waals surface area (Å²) in [7, 11) is 1.98. The van der Waals surface area contributed by atoms with Crippen molar-refractivity contribution in [1.29, 1.82) is 0 Å². The van der Waals surface area contributed by atoms with Gasteiger partial charge in [0.1, 0.15) is 11.4 Å². The zero-order chi connectivity index (χ0) is 17.9. The van der Waals surface area contributed by atoms with E-state index >= 15 is 0 Å². The Hall–Kier alpha value is -2.18. The zero-order valence-electron chi connectivity index (χ0n) is 14.9. The third-order valence-electron chi connectivity index (χ3n) is 4.74. The lowest BCUT2D eigenvalue weighted by Gasteiger charge is -2.33. The maximum absolute atomic E-state index is 12.8. The number of nitrogens with zero attached hydrogens (tertiary/aromatic N) is 4. The molecule has 6 nitrogen and oxygen atoms in total. The predicted octanol–water partition coefficient (Wildman–Crippen LogP) is 0.939. The van der Waals surface area contributed by atoms with Crippen molar-refractivity contribution < 1.29 is 9.90 Å². The molecule has 1 atom stereocenters. The third-order valence-corrected chi connectivity index (χ3v) is 4.74. The Balaban J connectivity index is 1.74. The summed E-state index contributed by atoms with van der Waals surface area (Å²) in [4.78, 5) is 20.9. The number of imidazole rings is 1. The standard InChI is InChI=1S/C19H26N4O2/c1-16-20-8-9-22(16)14-19(25)13-21(2)10-11-23(15-19)18(24)12-17-6-4-3-5-7-17/h3-9,25H,10-15H2,1-2H3. The molecule has 1 aromatic carbocycles. The van der Waals surface area contributed by atoms with Gasteiger partial charge in [0.15, 0.2) is 0 Å². The maximum Gasteiger partial charge on any atom is 0.227 e. The highest BCUT2D eigenvalue weighted by molar-refractivity contribution is 5.79. The quantitative estimate of drug-likeness (QED) is 0.898. The van der Waals surface area contributed by atoms with E-state index < -0.39 is 5.60 Å². The van der Waals surface area contributed by atoms with Crippen LogP contribution in [0.5, 0.6) is 0 Å². The van der Waals surface area contributed by atoms with E-state index in [0.29, 0.717) is 32.6 Å². The first-order chi connectivity index (χ1) is 12.0. The molecule has 6 heteroatoms. The normalized spacial score (nSPS) is 22.0. The zero-order valence-corrected chi connectivity index (χ0v) is 14.9. The van der Waals surface area contributed by atoms with Gasteiger partial charge in [-0.3, -0.25) is 4.79 Å². The van der Waals surface area contributed by atoms with Crippen LogP contribution in [-0.4, -0.2) is 69.2 Å². The molecule has 1 aromatic heterocycles. The summed E-state index contributed by atoms with van der Waals surface area (Å²) in [6.45, 7) is 4.60. The van der Waals surface area contributed by atoms with Crippen LogP contribution in [0.4, 0.5) is 0 Å². The Bertz CT molecular complexity index is 715. The predicted molar refractivity (Wildman–Crippen MR) is 96.1 cm³/mol. The van der Waals surface area contributed by atoms with Gasteiger partial charge in [0.25, 0.3) is 0 Å². The molecule has 0 bridgehead atoms. The number of aliphatic hydroxyl groups is 1. The first-order valence-electron chi connectivity index (χ1n) is 8.66. The van der Waals surface area contributed by atoms with Gasteiger partial charge in [-0.05, 0) is 19.5 Å². The number of carbonyl (C=O) groups excluding carboxylic acids is 1.